The molecule has 0 N–H and O–H groups in total. The van der Waals surface area contributed by atoms with Gasteiger partial charge >= 0.3 is 0 Å². The third kappa shape index (κ3) is 3.27. The quantitative estimate of drug-likeness (QED) is 0.639. The van der Waals surface area contributed by atoms with Crippen LogP contribution in [0.4, 0.5) is 5.69 Å². The van der Waals surface area contributed by atoms with Crippen molar-refractivity contribution in [1.29, 1.82) is 0 Å². The number of hydroxylamine groups is 2. The van der Waals surface area contributed by atoms with Gasteiger partial charge in [0.2, 0.25) is 6.29 Å². The van der Waals surface area contributed by atoms with Crippen LogP contribution in [0.2, 0.25) is 0 Å². The van der Waals surface area contributed by atoms with Gasteiger partial charge in [0.15, 0.2) is 0 Å². The Kier molecular flexibility index (Phi) is 4.54. The Labute approximate surface area is 138 Å². The Hall–Kier alpha value is -2.77. The second kappa shape index (κ2) is 6.77. The lowest BCUT2D eigenvalue weighted by atomic mass is 10.1. The van der Waals surface area contributed by atoms with Crippen LogP contribution in [0, 0.1) is 10.1 Å². The van der Waals surface area contributed by atoms with E-state index in [0.717, 1.165) is 0 Å². The van der Waals surface area contributed by atoms with Crippen LogP contribution in [-0.2, 0) is 9.57 Å². The predicted molar refractivity (Wildman–Crippen MR) is 84.9 cm³/mol. The predicted octanol–water partition coefficient (Wildman–Crippen LogP) is 3.09. The lowest BCUT2D eigenvalue weighted by molar-refractivity contribution is -0.390. The first-order chi connectivity index (χ1) is 11.6. The van der Waals surface area contributed by atoms with Gasteiger partial charge in [-0.3, -0.25) is 14.9 Å². The number of nitro groups is 1. The summed E-state index contributed by atoms with van der Waals surface area (Å²) < 4.78 is 5.66. The highest BCUT2D eigenvalue weighted by Crippen LogP contribution is 2.33. The van der Waals surface area contributed by atoms with Crippen LogP contribution in [0.1, 0.15) is 29.1 Å². The second-order valence-electron chi connectivity index (χ2n) is 5.43. The smallest absolute Gasteiger partial charge is 0.277 e. The zero-order valence-electron chi connectivity index (χ0n) is 13.0. The van der Waals surface area contributed by atoms with Crippen LogP contribution in [0.3, 0.4) is 0 Å². The summed E-state index contributed by atoms with van der Waals surface area (Å²) in [6.45, 7) is 2.03. The molecule has 2 aromatic rings. The molecule has 0 saturated carbocycles. The molecule has 0 radical (unpaired) electrons. The average molecular weight is 328 g/mol. The maximum atomic E-state index is 12.6. The van der Waals surface area contributed by atoms with E-state index >= 15 is 0 Å². The molecule has 0 aromatic heterocycles. The van der Waals surface area contributed by atoms with E-state index in [4.69, 9.17) is 9.57 Å². The summed E-state index contributed by atoms with van der Waals surface area (Å²) in [5.41, 5.74) is 0.650. The second-order valence-corrected chi connectivity index (χ2v) is 5.43. The lowest BCUT2D eigenvalue weighted by Gasteiger charge is -2.35. The molecule has 1 fully saturated rings. The van der Waals surface area contributed by atoms with Crippen LogP contribution in [-0.4, -0.2) is 28.5 Å². The first-order valence-electron chi connectivity index (χ1n) is 7.48. The van der Waals surface area contributed by atoms with E-state index in [2.05, 4.69) is 0 Å². The largest absolute Gasteiger partial charge is 0.341 e. The minimum atomic E-state index is -1.01. The van der Waals surface area contributed by atoms with E-state index in [-0.39, 0.29) is 29.8 Å². The number of hydrogen-bond donors (Lipinski definition) is 0. The van der Waals surface area contributed by atoms with Gasteiger partial charge in [-0.05, 0) is 25.1 Å². The van der Waals surface area contributed by atoms with Gasteiger partial charge in [-0.25, -0.2) is 9.90 Å². The zero-order chi connectivity index (χ0) is 17.1. The van der Waals surface area contributed by atoms with Gasteiger partial charge in [-0.2, -0.15) is 0 Å². The van der Waals surface area contributed by atoms with Gasteiger partial charge in [0.1, 0.15) is 0 Å². The highest BCUT2D eigenvalue weighted by molar-refractivity contribution is 5.93. The van der Waals surface area contributed by atoms with E-state index in [9.17, 15) is 14.9 Å². The molecule has 0 unspecified atom stereocenters. The number of hydrogen-bond acceptors (Lipinski definition) is 5. The summed E-state index contributed by atoms with van der Waals surface area (Å²) in [5, 5.41) is 12.4. The van der Waals surface area contributed by atoms with Crippen LogP contribution in [0.25, 0.3) is 0 Å². The van der Waals surface area contributed by atoms with Gasteiger partial charge in [0, 0.05) is 11.6 Å². The molecule has 7 nitrogen and oxygen atoms in total. The zero-order valence-corrected chi connectivity index (χ0v) is 13.0. The van der Waals surface area contributed by atoms with Crippen molar-refractivity contribution in [2.45, 2.75) is 19.3 Å². The van der Waals surface area contributed by atoms with Crippen molar-refractivity contribution in [3.05, 3.63) is 75.8 Å². The molecule has 1 heterocycles. The van der Waals surface area contributed by atoms with Crippen LogP contribution in [0.5, 0.6) is 0 Å². The third-order valence-electron chi connectivity index (χ3n) is 3.64. The van der Waals surface area contributed by atoms with Gasteiger partial charge in [0.25, 0.3) is 11.6 Å². The maximum Gasteiger partial charge on any atom is 0.277 e. The first kappa shape index (κ1) is 16.1. The number of nitro benzene ring substituents is 1. The molecule has 0 aliphatic carbocycles. The lowest BCUT2D eigenvalue weighted by Crippen LogP contribution is -2.44. The summed E-state index contributed by atoms with van der Waals surface area (Å²) in [6.07, 6.45) is -1.33. The van der Waals surface area contributed by atoms with Crippen molar-refractivity contribution in [2.75, 3.05) is 6.54 Å². The fraction of sp³-hybridized carbons (Fsp3) is 0.235. The van der Waals surface area contributed by atoms with Crippen molar-refractivity contribution in [1.82, 2.24) is 5.06 Å². The topological polar surface area (TPSA) is 81.9 Å². The summed E-state index contributed by atoms with van der Waals surface area (Å²) in [6, 6.07) is 14.9. The minimum Gasteiger partial charge on any atom is -0.341 e. The molecule has 2 atom stereocenters. The monoisotopic (exact) mass is 328 g/mol. The van der Waals surface area contributed by atoms with Crippen molar-refractivity contribution in [3.63, 3.8) is 0 Å². The van der Waals surface area contributed by atoms with Crippen molar-refractivity contribution < 1.29 is 19.3 Å². The number of rotatable bonds is 3. The van der Waals surface area contributed by atoms with Crippen molar-refractivity contribution in [3.8, 4) is 0 Å². The molecule has 24 heavy (non-hydrogen) atoms. The number of amides is 1. The van der Waals surface area contributed by atoms with E-state index in [0.29, 0.717) is 5.56 Å². The summed E-state index contributed by atoms with van der Waals surface area (Å²) in [5.74, 6) is -0.311. The molecule has 1 aliphatic rings. The molecule has 3 rings (SSSR count). The Morgan fingerprint density at radius 3 is 2.54 bits per heavy atom. The molecule has 0 bridgehead atoms. The van der Waals surface area contributed by atoms with E-state index in [1.807, 2.05) is 6.07 Å². The Morgan fingerprint density at radius 1 is 1.17 bits per heavy atom. The summed E-state index contributed by atoms with van der Waals surface area (Å²) in [7, 11) is 0. The minimum absolute atomic E-state index is 0.108. The highest BCUT2D eigenvalue weighted by Gasteiger charge is 2.34. The van der Waals surface area contributed by atoms with Crippen LogP contribution < -0.4 is 0 Å². The summed E-state index contributed by atoms with van der Waals surface area (Å²) >= 11 is 0. The van der Waals surface area contributed by atoms with E-state index in [1.54, 1.807) is 49.4 Å². The molecular weight excluding hydrogens is 312 g/mol. The first-order valence-corrected chi connectivity index (χ1v) is 7.48. The number of benzene rings is 2. The van der Waals surface area contributed by atoms with Gasteiger partial charge < -0.3 is 4.74 Å². The SMILES string of the molecule is C[C@@H]1CN(C(=O)c2ccccc2)O[C@@H](c2ccccc2[N+](=O)[O-])O1. The number of para-hydroxylation sites is 1. The van der Waals surface area contributed by atoms with Crippen molar-refractivity contribution >= 4 is 11.6 Å². The standard InChI is InChI=1S/C17H16N2O5/c1-12-11-18(16(20)13-7-3-2-4-8-13)24-17(23-12)14-9-5-6-10-15(14)19(21)22/h2-10,12,17H,11H2,1H3/t12-,17+/m1/s1. The average Bonchev–Trinajstić information content (AvgIpc) is 2.61. The fourth-order valence-electron chi connectivity index (χ4n) is 2.51. The van der Waals surface area contributed by atoms with E-state index in [1.165, 1.54) is 11.1 Å². The van der Waals surface area contributed by atoms with Crippen molar-refractivity contribution in [2.24, 2.45) is 0 Å². The van der Waals surface area contributed by atoms with Crippen LogP contribution >= 0.6 is 0 Å². The van der Waals surface area contributed by atoms with E-state index < -0.39 is 11.2 Å². The van der Waals surface area contributed by atoms with Crippen LogP contribution in [0.15, 0.2) is 54.6 Å². The molecule has 2 aromatic carbocycles. The molecule has 1 aliphatic heterocycles. The Bertz CT molecular complexity index is 750. The Balaban J connectivity index is 1.87. The maximum absolute atomic E-state index is 12.6. The number of ether oxygens (including phenoxy) is 1. The third-order valence-corrected chi connectivity index (χ3v) is 3.64. The number of carbonyl (C=O) groups is 1. The fourth-order valence-corrected chi connectivity index (χ4v) is 2.51. The normalized spacial score (nSPS) is 20.6. The molecule has 0 spiro atoms. The molecule has 7 heteroatoms. The number of nitrogens with zero attached hydrogens (tertiary/aromatic N) is 2. The molecular formula is C17H16N2O5. The van der Waals surface area contributed by atoms with Gasteiger partial charge in [-0.1, -0.05) is 30.3 Å². The van der Waals surface area contributed by atoms with Gasteiger partial charge in [-0.15, -0.1) is 0 Å². The molecule has 124 valence electrons. The molecule has 1 saturated heterocycles. The highest BCUT2D eigenvalue weighted by atomic mass is 16.8. The van der Waals surface area contributed by atoms with Gasteiger partial charge in [0.05, 0.1) is 23.1 Å². The number of carbonyl (C=O) groups excluding carboxylic acids is 1. The summed E-state index contributed by atoms with van der Waals surface area (Å²) in [4.78, 5) is 28.9. The Morgan fingerprint density at radius 2 is 1.83 bits per heavy atom. The molecule has 1 amide bonds.